The third-order valence-corrected chi connectivity index (χ3v) is 5.21. The van der Waals surface area contributed by atoms with Crippen molar-refractivity contribution in [1.29, 1.82) is 0 Å². The molecule has 1 unspecified atom stereocenters. The van der Waals surface area contributed by atoms with Crippen molar-refractivity contribution in [2.45, 2.75) is 45.1 Å². The van der Waals surface area contributed by atoms with Crippen molar-refractivity contribution in [3.63, 3.8) is 0 Å². The van der Waals surface area contributed by atoms with Gasteiger partial charge in [-0.15, -0.1) is 5.10 Å². The van der Waals surface area contributed by atoms with E-state index in [9.17, 15) is 0 Å². The smallest absolute Gasteiger partial charge is 0.0898 e. The van der Waals surface area contributed by atoms with Gasteiger partial charge in [-0.2, -0.15) is 0 Å². The Morgan fingerprint density at radius 1 is 1.04 bits per heavy atom. The van der Waals surface area contributed by atoms with Gasteiger partial charge in [-0.1, -0.05) is 68.5 Å². The van der Waals surface area contributed by atoms with Crippen LogP contribution in [0.3, 0.4) is 0 Å². The zero-order valence-corrected chi connectivity index (χ0v) is 16.7. The first-order chi connectivity index (χ1) is 13.5. The maximum Gasteiger partial charge on any atom is 0.0898 e. The molecule has 0 spiro atoms. The van der Waals surface area contributed by atoms with Crippen LogP contribution in [0.15, 0.2) is 73.2 Å². The normalized spacial score (nSPS) is 16.8. The van der Waals surface area contributed by atoms with Crippen LogP contribution in [-0.4, -0.2) is 20.0 Å². The Hall–Kier alpha value is -3.01. The second-order valence-electron chi connectivity index (χ2n) is 8.38. The summed E-state index contributed by atoms with van der Waals surface area (Å²) in [5.74, 6) is 0.280. The number of pyridine rings is 1. The Kier molecular flexibility index (Phi) is 4.95. The summed E-state index contributed by atoms with van der Waals surface area (Å²) in [5, 5.41) is 8.75. The van der Waals surface area contributed by atoms with Gasteiger partial charge in [-0.05, 0) is 46.2 Å². The molecule has 4 rings (SSSR count). The molecule has 2 aromatic heterocycles. The number of nitrogens with zero attached hydrogens (tertiary/aromatic N) is 4. The van der Waals surface area contributed by atoms with Gasteiger partial charge in [0.05, 0.1) is 12.2 Å². The molecule has 0 N–H and O–H groups in total. The molecule has 0 saturated carbocycles. The van der Waals surface area contributed by atoms with Gasteiger partial charge < -0.3 is 0 Å². The second kappa shape index (κ2) is 7.55. The number of aromatic nitrogens is 4. The zero-order valence-electron chi connectivity index (χ0n) is 16.7. The van der Waals surface area contributed by atoms with Gasteiger partial charge in [0, 0.05) is 24.5 Å². The molecule has 1 aromatic carbocycles. The van der Waals surface area contributed by atoms with Crippen molar-refractivity contribution < 1.29 is 0 Å². The molecule has 1 aliphatic rings. The van der Waals surface area contributed by atoms with E-state index in [4.69, 9.17) is 0 Å². The summed E-state index contributed by atoms with van der Waals surface area (Å²) in [6, 6.07) is 12.9. The summed E-state index contributed by atoms with van der Waals surface area (Å²) < 4.78 is 1.93. The number of hydrogen-bond donors (Lipinski definition) is 0. The zero-order chi connectivity index (χ0) is 19.6. The molecule has 0 fully saturated rings. The maximum absolute atomic E-state index is 4.41. The largest absolute Gasteiger partial charge is 0.265 e. The van der Waals surface area contributed by atoms with Crippen molar-refractivity contribution in [2.75, 3.05) is 0 Å². The van der Waals surface area contributed by atoms with Gasteiger partial charge in [0.1, 0.15) is 0 Å². The van der Waals surface area contributed by atoms with E-state index in [0.717, 1.165) is 18.7 Å². The van der Waals surface area contributed by atoms with Gasteiger partial charge in [-0.3, -0.25) is 4.98 Å². The third kappa shape index (κ3) is 4.11. The number of allylic oxidation sites excluding steroid dienone is 4. The predicted molar refractivity (Wildman–Crippen MR) is 113 cm³/mol. The van der Waals surface area contributed by atoms with Crippen LogP contribution in [0.25, 0.3) is 5.57 Å². The SMILES string of the molecule is CC(C)(C)c1ccc(Cn2cc(C3C=CC(c4ccncc4)=CC3)nn2)cc1. The number of benzene rings is 1. The Balaban J connectivity index is 1.41. The Labute approximate surface area is 166 Å². The first kappa shape index (κ1) is 18.4. The third-order valence-electron chi connectivity index (χ3n) is 5.21. The fourth-order valence-electron chi connectivity index (χ4n) is 3.46. The quantitative estimate of drug-likeness (QED) is 0.638. The molecule has 4 heteroatoms. The van der Waals surface area contributed by atoms with E-state index >= 15 is 0 Å². The van der Waals surface area contributed by atoms with Crippen LogP contribution in [0.5, 0.6) is 0 Å². The van der Waals surface area contributed by atoms with E-state index in [1.165, 1.54) is 22.3 Å². The van der Waals surface area contributed by atoms with E-state index < -0.39 is 0 Å². The Bertz CT molecular complexity index is 989. The Morgan fingerprint density at radius 3 is 2.43 bits per heavy atom. The molecule has 0 amide bonds. The highest BCUT2D eigenvalue weighted by Crippen LogP contribution is 2.29. The summed E-state index contributed by atoms with van der Waals surface area (Å²) in [6.45, 7) is 7.44. The highest BCUT2D eigenvalue weighted by atomic mass is 15.4. The fourth-order valence-corrected chi connectivity index (χ4v) is 3.46. The highest BCUT2D eigenvalue weighted by Gasteiger charge is 2.16. The van der Waals surface area contributed by atoms with Crippen LogP contribution < -0.4 is 0 Å². The lowest BCUT2D eigenvalue weighted by atomic mass is 9.87. The summed E-state index contributed by atoms with van der Waals surface area (Å²) in [7, 11) is 0. The standard InChI is InChI=1S/C24H26N4/c1-24(2,3)22-10-4-18(5-11-22)16-28-17-23(26-27-28)21-8-6-19(7-9-21)20-12-14-25-15-13-20/h4-8,10-15,17,21H,9,16H2,1-3H3. The fraction of sp³-hybridized carbons (Fsp3) is 0.292. The first-order valence-electron chi connectivity index (χ1n) is 9.77. The molecule has 0 bridgehead atoms. The minimum absolute atomic E-state index is 0.176. The van der Waals surface area contributed by atoms with Gasteiger partial charge in [0.25, 0.3) is 0 Å². The van der Waals surface area contributed by atoms with Crippen LogP contribution >= 0.6 is 0 Å². The van der Waals surface area contributed by atoms with E-state index in [1.54, 1.807) is 0 Å². The van der Waals surface area contributed by atoms with Crippen LogP contribution in [-0.2, 0) is 12.0 Å². The molecule has 0 aliphatic heterocycles. The predicted octanol–water partition coefficient (Wildman–Crippen LogP) is 5.15. The first-order valence-corrected chi connectivity index (χ1v) is 9.77. The summed E-state index contributed by atoms with van der Waals surface area (Å²) in [6.07, 6.45) is 13.3. The topological polar surface area (TPSA) is 43.6 Å². The molecule has 2 heterocycles. The molecule has 4 nitrogen and oxygen atoms in total. The van der Waals surface area contributed by atoms with E-state index in [-0.39, 0.29) is 11.3 Å². The molecule has 28 heavy (non-hydrogen) atoms. The van der Waals surface area contributed by atoms with Crippen LogP contribution in [0.1, 0.15) is 55.5 Å². The molecule has 0 radical (unpaired) electrons. The average molecular weight is 371 g/mol. The van der Waals surface area contributed by atoms with Gasteiger partial charge in [0.15, 0.2) is 0 Å². The molecule has 142 valence electrons. The molecular weight excluding hydrogens is 344 g/mol. The van der Waals surface area contributed by atoms with Crippen molar-refractivity contribution in [3.05, 3.63) is 95.6 Å². The maximum atomic E-state index is 4.41. The van der Waals surface area contributed by atoms with Crippen LogP contribution in [0.4, 0.5) is 0 Å². The lowest BCUT2D eigenvalue weighted by Crippen LogP contribution is -2.11. The van der Waals surface area contributed by atoms with E-state index in [0.29, 0.717) is 0 Å². The van der Waals surface area contributed by atoms with Gasteiger partial charge in [-0.25, -0.2) is 4.68 Å². The van der Waals surface area contributed by atoms with E-state index in [2.05, 4.69) is 84.8 Å². The molecule has 0 saturated heterocycles. The van der Waals surface area contributed by atoms with Gasteiger partial charge >= 0.3 is 0 Å². The number of rotatable bonds is 4. The van der Waals surface area contributed by atoms with E-state index in [1.807, 2.05) is 29.2 Å². The molecule has 1 aliphatic carbocycles. The second-order valence-corrected chi connectivity index (χ2v) is 8.38. The monoisotopic (exact) mass is 370 g/mol. The average Bonchev–Trinajstić information content (AvgIpc) is 3.17. The van der Waals surface area contributed by atoms with Crippen molar-refractivity contribution in [1.82, 2.24) is 20.0 Å². The lowest BCUT2D eigenvalue weighted by Gasteiger charge is -2.19. The summed E-state index contributed by atoms with van der Waals surface area (Å²) in [4.78, 5) is 4.08. The van der Waals surface area contributed by atoms with Crippen molar-refractivity contribution in [3.8, 4) is 0 Å². The van der Waals surface area contributed by atoms with Crippen LogP contribution in [0.2, 0.25) is 0 Å². The summed E-state index contributed by atoms with van der Waals surface area (Å²) in [5.41, 5.74) is 6.22. The minimum Gasteiger partial charge on any atom is -0.265 e. The number of hydrogen-bond acceptors (Lipinski definition) is 3. The molecular formula is C24H26N4. The lowest BCUT2D eigenvalue weighted by molar-refractivity contribution is 0.589. The molecule has 3 aromatic rings. The van der Waals surface area contributed by atoms with Crippen LogP contribution in [0, 0.1) is 0 Å². The molecule has 1 atom stereocenters. The Morgan fingerprint density at radius 2 is 1.79 bits per heavy atom. The summed E-state index contributed by atoms with van der Waals surface area (Å²) >= 11 is 0. The van der Waals surface area contributed by atoms with Crippen molar-refractivity contribution in [2.24, 2.45) is 0 Å². The van der Waals surface area contributed by atoms with Crippen molar-refractivity contribution >= 4 is 5.57 Å². The minimum atomic E-state index is 0.176. The van der Waals surface area contributed by atoms with Gasteiger partial charge in [0.2, 0.25) is 0 Å². The highest BCUT2D eigenvalue weighted by molar-refractivity contribution is 5.74.